The van der Waals surface area contributed by atoms with Gasteiger partial charge in [0.15, 0.2) is 0 Å². The Morgan fingerprint density at radius 3 is 2.27 bits per heavy atom. The summed E-state index contributed by atoms with van der Waals surface area (Å²) in [5.41, 5.74) is 1.12. The van der Waals surface area contributed by atoms with Gasteiger partial charge in [0.1, 0.15) is 0 Å². The Morgan fingerprint density at radius 2 is 1.73 bits per heavy atom. The molecule has 0 saturated carbocycles. The number of amides is 1. The van der Waals surface area contributed by atoms with Crippen molar-refractivity contribution >= 4 is 15.9 Å². The Hall–Kier alpha value is -1.44. The molecule has 1 aromatic rings. The highest BCUT2D eigenvalue weighted by Gasteiger charge is 2.32. The molecule has 2 rings (SSSR count). The van der Waals surface area contributed by atoms with Gasteiger partial charge in [-0.1, -0.05) is 30.3 Å². The first kappa shape index (κ1) is 20.9. The van der Waals surface area contributed by atoms with Gasteiger partial charge in [-0.15, -0.1) is 0 Å². The summed E-state index contributed by atoms with van der Waals surface area (Å²) in [6.07, 6.45) is 1.20. The second-order valence-electron chi connectivity index (χ2n) is 7.12. The van der Waals surface area contributed by atoms with Crippen LogP contribution < -0.4 is 0 Å². The molecular formula is C19H31N3O3S. The highest BCUT2D eigenvalue weighted by atomic mass is 32.2. The number of hydrogen-bond acceptors (Lipinski definition) is 4. The van der Waals surface area contributed by atoms with Gasteiger partial charge >= 0.3 is 0 Å². The molecule has 26 heavy (non-hydrogen) atoms. The van der Waals surface area contributed by atoms with Gasteiger partial charge in [-0.05, 0) is 39.4 Å². The minimum atomic E-state index is -3.16. The van der Waals surface area contributed by atoms with Crippen LogP contribution in [0.2, 0.25) is 0 Å². The van der Waals surface area contributed by atoms with Crippen LogP contribution in [0, 0.1) is 5.92 Å². The fourth-order valence-corrected chi connectivity index (χ4v) is 4.35. The largest absolute Gasteiger partial charge is 0.337 e. The van der Waals surface area contributed by atoms with Crippen molar-refractivity contribution in [2.24, 2.45) is 5.92 Å². The van der Waals surface area contributed by atoms with Crippen LogP contribution in [0.5, 0.6) is 0 Å². The zero-order valence-electron chi connectivity index (χ0n) is 16.1. The predicted molar refractivity (Wildman–Crippen MR) is 104 cm³/mol. The first-order valence-corrected chi connectivity index (χ1v) is 10.9. The second-order valence-corrected chi connectivity index (χ2v) is 9.38. The SMILES string of the molecule is CCS(=O)(=O)N1CCC(C(=O)N(CCN(C)C)Cc2ccccc2)CC1. The van der Waals surface area contributed by atoms with Gasteiger partial charge in [0.2, 0.25) is 15.9 Å². The summed E-state index contributed by atoms with van der Waals surface area (Å²) in [5, 5.41) is 0. The van der Waals surface area contributed by atoms with Crippen LogP contribution in [-0.4, -0.2) is 74.5 Å². The number of piperidine rings is 1. The number of nitrogens with zero attached hydrogens (tertiary/aromatic N) is 3. The zero-order chi connectivity index (χ0) is 19.2. The third-order valence-electron chi connectivity index (χ3n) is 4.91. The fraction of sp³-hybridized carbons (Fsp3) is 0.632. The van der Waals surface area contributed by atoms with E-state index < -0.39 is 10.0 Å². The summed E-state index contributed by atoms with van der Waals surface area (Å²) in [7, 11) is 0.840. The van der Waals surface area contributed by atoms with Crippen LogP contribution in [0.15, 0.2) is 30.3 Å². The van der Waals surface area contributed by atoms with Crippen LogP contribution in [-0.2, 0) is 21.4 Å². The van der Waals surface area contributed by atoms with Gasteiger partial charge in [-0.3, -0.25) is 4.79 Å². The number of carbonyl (C=O) groups is 1. The average Bonchev–Trinajstić information content (AvgIpc) is 2.65. The Morgan fingerprint density at radius 1 is 1.12 bits per heavy atom. The number of benzene rings is 1. The van der Waals surface area contributed by atoms with E-state index in [1.165, 1.54) is 4.31 Å². The van der Waals surface area contributed by atoms with Crippen molar-refractivity contribution in [3.05, 3.63) is 35.9 Å². The summed E-state index contributed by atoms with van der Waals surface area (Å²) in [6.45, 7) is 4.63. The van der Waals surface area contributed by atoms with Gasteiger partial charge in [0, 0.05) is 38.6 Å². The number of likely N-dealkylation sites (N-methyl/N-ethyl adjacent to an activating group) is 1. The lowest BCUT2D eigenvalue weighted by atomic mass is 9.96. The Kier molecular flexibility index (Phi) is 7.61. The van der Waals surface area contributed by atoms with Gasteiger partial charge in [-0.25, -0.2) is 12.7 Å². The molecule has 6 nitrogen and oxygen atoms in total. The topological polar surface area (TPSA) is 60.9 Å². The van der Waals surface area contributed by atoms with E-state index in [2.05, 4.69) is 4.90 Å². The molecule has 1 aliphatic rings. The van der Waals surface area contributed by atoms with E-state index in [-0.39, 0.29) is 17.6 Å². The standard InChI is InChI=1S/C19H31N3O3S/c1-4-26(24,25)22-12-10-18(11-13-22)19(23)21(15-14-20(2)3)16-17-8-6-5-7-9-17/h5-9,18H,4,10-16H2,1-3H3. The van der Waals surface area contributed by atoms with Crippen molar-refractivity contribution in [3.63, 3.8) is 0 Å². The number of carbonyl (C=O) groups excluding carboxylic acids is 1. The van der Waals surface area contributed by atoms with E-state index in [9.17, 15) is 13.2 Å². The normalized spacial score (nSPS) is 16.8. The quantitative estimate of drug-likeness (QED) is 0.687. The molecule has 0 aromatic heterocycles. The molecule has 1 fully saturated rings. The molecule has 146 valence electrons. The molecular weight excluding hydrogens is 350 g/mol. The van der Waals surface area contributed by atoms with Crippen molar-refractivity contribution < 1.29 is 13.2 Å². The van der Waals surface area contributed by atoms with Crippen LogP contribution in [0.3, 0.4) is 0 Å². The Bertz CT molecular complexity index is 669. The third kappa shape index (κ3) is 5.79. The smallest absolute Gasteiger partial charge is 0.226 e. The Labute approximate surface area is 157 Å². The predicted octanol–water partition coefficient (Wildman–Crippen LogP) is 1.64. The van der Waals surface area contributed by atoms with E-state index in [0.717, 1.165) is 12.1 Å². The van der Waals surface area contributed by atoms with E-state index in [1.807, 2.05) is 49.3 Å². The summed E-state index contributed by atoms with van der Waals surface area (Å²) < 4.78 is 25.5. The highest BCUT2D eigenvalue weighted by Crippen LogP contribution is 2.23. The summed E-state index contributed by atoms with van der Waals surface area (Å²) in [6, 6.07) is 10.0. The minimum Gasteiger partial charge on any atom is -0.337 e. The van der Waals surface area contributed by atoms with Crippen molar-refractivity contribution in [2.75, 3.05) is 46.0 Å². The van der Waals surface area contributed by atoms with Crippen LogP contribution in [0.25, 0.3) is 0 Å². The molecule has 0 spiro atoms. The molecule has 1 heterocycles. The van der Waals surface area contributed by atoms with E-state index in [0.29, 0.717) is 39.0 Å². The molecule has 1 saturated heterocycles. The highest BCUT2D eigenvalue weighted by molar-refractivity contribution is 7.89. The first-order chi connectivity index (χ1) is 12.3. The van der Waals surface area contributed by atoms with Crippen LogP contribution in [0.1, 0.15) is 25.3 Å². The lowest BCUT2D eigenvalue weighted by Gasteiger charge is -2.34. The monoisotopic (exact) mass is 381 g/mol. The summed E-state index contributed by atoms with van der Waals surface area (Å²) >= 11 is 0. The zero-order valence-corrected chi connectivity index (χ0v) is 16.9. The van der Waals surface area contributed by atoms with Crippen molar-refractivity contribution in [1.82, 2.24) is 14.1 Å². The van der Waals surface area contributed by atoms with Crippen LogP contribution >= 0.6 is 0 Å². The third-order valence-corrected chi connectivity index (χ3v) is 6.79. The maximum Gasteiger partial charge on any atom is 0.226 e. The van der Waals surface area contributed by atoms with Crippen molar-refractivity contribution in [3.8, 4) is 0 Å². The summed E-state index contributed by atoms with van der Waals surface area (Å²) in [5.74, 6) is 0.169. The van der Waals surface area contributed by atoms with Crippen molar-refractivity contribution in [2.45, 2.75) is 26.3 Å². The molecule has 0 atom stereocenters. The van der Waals surface area contributed by atoms with Gasteiger partial charge < -0.3 is 9.80 Å². The minimum absolute atomic E-state index is 0.0934. The molecule has 0 unspecified atom stereocenters. The second kappa shape index (κ2) is 9.48. The molecule has 0 aliphatic carbocycles. The molecule has 1 amide bonds. The van der Waals surface area contributed by atoms with Gasteiger partial charge in [0.25, 0.3) is 0 Å². The van der Waals surface area contributed by atoms with E-state index in [1.54, 1.807) is 6.92 Å². The molecule has 1 aliphatic heterocycles. The maximum absolute atomic E-state index is 13.1. The molecule has 0 bridgehead atoms. The van der Waals surface area contributed by atoms with E-state index in [4.69, 9.17) is 0 Å². The molecule has 1 aromatic carbocycles. The van der Waals surface area contributed by atoms with Crippen LogP contribution in [0.4, 0.5) is 0 Å². The number of rotatable bonds is 8. The van der Waals surface area contributed by atoms with E-state index >= 15 is 0 Å². The molecule has 0 radical (unpaired) electrons. The van der Waals surface area contributed by atoms with Crippen molar-refractivity contribution in [1.29, 1.82) is 0 Å². The molecule has 0 N–H and O–H groups in total. The fourth-order valence-electron chi connectivity index (χ4n) is 3.21. The van der Waals surface area contributed by atoms with Gasteiger partial charge in [-0.2, -0.15) is 0 Å². The molecule has 7 heteroatoms. The lowest BCUT2D eigenvalue weighted by Crippen LogP contribution is -2.45. The maximum atomic E-state index is 13.1. The van der Waals surface area contributed by atoms with Gasteiger partial charge in [0.05, 0.1) is 5.75 Å². The first-order valence-electron chi connectivity index (χ1n) is 9.28. The lowest BCUT2D eigenvalue weighted by molar-refractivity contribution is -0.137. The Balaban J connectivity index is 2.02. The summed E-state index contributed by atoms with van der Waals surface area (Å²) in [4.78, 5) is 17.1. The number of sulfonamides is 1. The average molecular weight is 382 g/mol. The number of hydrogen-bond donors (Lipinski definition) is 0.